The number of hydrogen-bond acceptors (Lipinski definition) is 10. The van der Waals surface area contributed by atoms with Crippen LogP contribution in [0.4, 0.5) is 11.4 Å². The van der Waals surface area contributed by atoms with Gasteiger partial charge in [0.05, 0.1) is 62.1 Å². The molecular weight excluding hydrogens is 908 g/mol. The molecule has 0 atom stereocenters. The zero-order valence-corrected chi connectivity index (χ0v) is 40.9. The molecule has 0 N–H and O–H groups in total. The molecule has 0 spiro atoms. The van der Waals surface area contributed by atoms with E-state index in [1.54, 1.807) is 0 Å². The van der Waals surface area contributed by atoms with Gasteiger partial charge in [-0.15, -0.1) is 0 Å². The molecule has 6 rings (SSSR count). The molecule has 2 aromatic rings. The van der Waals surface area contributed by atoms with Crippen molar-refractivity contribution in [3.8, 4) is 47.2 Å². The van der Waals surface area contributed by atoms with Crippen LogP contribution in [0.3, 0.4) is 0 Å². The van der Waals surface area contributed by atoms with Gasteiger partial charge in [-0.05, 0) is 64.1 Å². The number of benzene rings is 4. The zero-order chi connectivity index (χ0) is 44.4. The van der Waals surface area contributed by atoms with Crippen LogP contribution in [0.1, 0.15) is 53.4 Å². The second-order valence-electron chi connectivity index (χ2n) is 13.6. The summed E-state index contributed by atoms with van der Waals surface area (Å²) in [6.07, 6.45) is 1.63. The molecule has 0 saturated carbocycles. The maximum absolute atomic E-state index is 8.91. The van der Waals surface area contributed by atoms with Crippen molar-refractivity contribution < 1.29 is 19.6 Å². The molecule has 0 bridgehead atoms. The number of aromatic nitrogens is 2. The summed E-state index contributed by atoms with van der Waals surface area (Å²) in [7, 11) is 16.8. The fourth-order valence-electron chi connectivity index (χ4n) is 6.65. The monoisotopic (exact) mass is 952 g/mol. The van der Waals surface area contributed by atoms with E-state index in [-0.39, 0.29) is 0 Å². The Morgan fingerprint density at radius 1 is 0.525 bits per heavy atom. The van der Waals surface area contributed by atoms with Crippen molar-refractivity contribution >= 4 is 72.3 Å². The minimum atomic E-state index is -3.36. The number of anilines is 2. The van der Waals surface area contributed by atoms with E-state index in [2.05, 4.69) is 73.9 Å². The predicted molar refractivity (Wildman–Crippen MR) is 243 cm³/mol. The van der Waals surface area contributed by atoms with Gasteiger partial charge >= 0.3 is 49.6 Å². The van der Waals surface area contributed by atoms with Crippen LogP contribution in [0, 0.1) is 45.3 Å². The first kappa shape index (κ1) is 48.7. The number of rotatable bonds is 14. The molecule has 2 aromatic carbocycles. The first-order chi connectivity index (χ1) is 29.4. The Balaban J connectivity index is 0.000000242. The number of nitrogens with zero attached hydrogens (tertiary/aromatic N) is 10. The standard InChI is InChI=1S/2C22H24N5O.4ClH.Zn/c2*1-3-26(4-2)17-7-9-19-21(15-17)28-22-16-18(8-10-20(22)25-19)27(13-5-11-23)14-6-12-24;;;;;/h2*7-10,15-16H,3-6,13-14H2,1-2H3;4*1H;/q2*+1;;;;;+2/p-4. The maximum atomic E-state index is 8.91. The van der Waals surface area contributed by atoms with E-state index in [0.29, 0.717) is 63.4 Å². The van der Waals surface area contributed by atoms with E-state index in [1.165, 1.54) is 0 Å². The Morgan fingerprint density at radius 3 is 1.15 bits per heavy atom. The van der Waals surface area contributed by atoms with Crippen molar-refractivity contribution in [2.24, 2.45) is 0 Å². The molecule has 2 heterocycles. The summed E-state index contributed by atoms with van der Waals surface area (Å²) in [6, 6.07) is 32.6. The van der Waals surface area contributed by atoms with Gasteiger partial charge in [-0.3, -0.25) is 0 Å². The molecule has 0 aromatic heterocycles. The second-order valence-corrected chi connectivity index (χ2v) is 41.3. The van der Waals surface area contributed by atoms with Gasteiger partial charge in [0, 0.05) is 61.8 Å². The fourth-order valence-corrected chi connectivity index (χ4v) is 6.65. The van der Waals surface area contributed by atoms with Crippen LogP contribution in [-0.4, -0.2) is 62.3 Å². The molecule has 0 amide bonds. The first-order valence-corrected chi connectivity index (χ1v) is 35.9. The Labute approximate surface area is 376 Å². The molecule has 316 valence electrons. The van der Waals surface area contributed by atoms with Crippen molar-refractivity contribution in [2.75, 3.05) is 62.2 Å². The van der Waals surface area contributed by atoms with Crippen molar-refractivity contribution in [1.29, 1.82) is 21.0 Å². The third kappa shape index (κ3) is 14.6. The van der Waals surface area contributed by atoms with E-state index < -0.39 is 10.8 Å². The van der Waals surface area contributed by atoms with Gasteiger partial charge in [-0.1, -0.05) is 0 Å². The van der Waals surface area contributed by atoms with E-state index in [4.69, 9.17) is 78.6 Å². The van der Waals surface area contributed by atoms with E-state index in [1.807, 2.05) is 69.8 Å². The molecule has 12 nitrogen and oxygen atoms in total. The molecule has 4 aliphatic rings. The predicted octanol–water partition coefficient (Wildman–Crippen LogP) is 9.51. The SMILES string of the molecule is CCN(CC)c1ccc2nc3ccc(=[N+](CCC#N)CCC#N)cc-3oc2c1.CCN(CC)c1ccc2nc3ccc(=[N+](CCC#N)CCC#N)cc-3oc2c1.[Cl][Zn-2]([Cl])([Cl])[Cl]. The topological polar surface area (TPSA) is 160 Å². The normalized spacial score (nSPS) is 10.7. The summed E-state index contributed by atoms with van der Waals surface area (Å²) in [5.74, 6) is 1.39. The summed E-state index contributed by atoms with van der Waals surface area (Å²) >= 11 is 0. The van der Waals surface area contributed by atoms with Crippen LogP contribution in [0.2, 0.25) is 0 Å². The Hall–Kier alpha value is -4.98. The molecule has 2 aliphatic heterocycles. The zero-order valence-electron chi connectivity index (χ0n) is 34.9. The molecule has 61 heavy (non-hydrogen) atoms. The average Bonchev–Trinajstić information content (AvgIpc) is 3.25. The van der Waals surface area contributed by atoms with Crippen LogP contribution >= 0.6 is 38.8 Å². The first-order valence-electron chi connectivity index (χ1n) is 20.3. The van der Waals surface area contributed by atoms with E-state index in [0.717, 1.165) is 81.9 Å². The Kier molecular flexibility index (Phi) is 19.5. The average molecular weight is 956 g/mol. The van der Waals surface area contributed by atoms with E-state index >= 15 is 0 Å². The van der Waals surface area contributed by atoms with Crippen LogP contribution < -0.4 is 29.7 Å². The van der Waals surface area contributed by atoms with Gasteiger partial charge in [0.1, 0.15) is 22.4 Å². The van der Waals surface area contributed by atoms with Gasteiger partial charge in [0.15, 0.2) is 48.9 Å². The van der Waals surface area contributed by atoms with Crippen LogP contribution in [0.25, 0.3) is 45.1 Å². The molecule has 0 saturated heterocycles. The van der Waals surface area contributed by atoms with Crippen LogP contribution in [0.15, 0.2) is 81.6 Å². The molecule has 0 unspecified atom stereocenters. The van der Waals surface area contributed by atoms with Crippen molar-refractivity contribution in [3.05, 3.63) is 83.5 Å². The van der Waals surface area contributed by atoms with Crippen LogP contribution in [0.5, 0.6) is 0 Å². The Bertz CT molecular complexity index is 2420. The van der Waals surface area contributed by atoms with Gasteiger partial charge in [0.25, 0.3) is 0 Å². The van der Waals surface area contributed by atoms with Gasteiger partial charge in [-0.2, -0.15) is 21.0 Å². The number of nitriles is 4. The van der Waals surface area contributed by atoms with E-state index in [9.17, 15) is 0 Å². The summed E-state index contributed by atoms with van der Waals surface area (Å²) in [6.45, 7) is 14.6. The third-order valence-electron chi connectivity index (χ3n) is 9.66. The van der Waals surface area contributed by atoms with Crippen LogP contribution in [-0.2, 0) is 10.8 Å². The molecule has 0 radical (unpaired) electrons. The minimum absolute atomic E-state index is 0.407. The second kappa shape index (κ2) is 24.5. The molecule has 0 fully saturated rings. The molecule has 2 aliphatic carbocycles. The van der Waals surface area contributed by atoms with Gasteiger partial charge in [0.2, 0.25) is 10.7 Å². The fraction of sp³-hybridized carbons (Fsp3) is 0.364. The molecule has 17 heteroatoms. The summed E-state index contributed by atoms with van der Waals surface area (Å²) < 4.78 is 16.4. The summed E-state index contributed by atoms with van der Waals surface area (Å²) in [4.78, 5) is 14.0. The van der Waals surface area contributed by atoms with Crippen molar-refractivity contribution in [3.63, 3.8) is 0 Å². The van der Waals surface area contributed by atoms with Crippen molar-refractivity contribution in [1.82, 2.24) is 19.1 Å². The quantitative estimate of drug-likeness (QED) is 0.0585. The van der Waals surface area contributed by atoms with Crippen molar-refractivity contribution in [2.45, 2.75) is 53.4 Å². The van der Waals surface area contributed by atoms with Gasteiger partial charge < -0.3 is 18.6 Å². The summed E-state index contributed by atoms with van der Waals surface area (Å²) in [5.41, 5.74) is 6.93. The number of fused-ring (bicyclic) bond motifs is 4. The third-order valence-corrected chi connectivity index (χ3v) is 9.66. The molecular formula is C44H48Cl4N10O2Zn. The van der Waals surface area contributed by atoms with Gasteiger partial charge in [-0.25, -0.2) is 19.1 Å². The summed E-state index contributed by atoms with van der Waals surface area (Å²) in [5, 5.41) is 37.5. The number of halogens is 4. The number of hydrogen-bond donors (Lipinski definition) is 0. The Morgan fingerprint density at radius 2 is 0.852 bits per heavy atom.